The lowest BCUT2D eigenvalue weighted by Crippen LogP contribution is -2.56. The van der Waals surface area contributed by atoms with E-state index in [1.54, 1.807) is 36.4 Å². The Morgan fingerprint density at radius 3 is 2.54 bits per heavy atom. The minimum Gasteiger partial charge on any atom is -0.492 e. The van der Waals surface area contributed by atoms with Crippen LogP contribution in [0.2, 0.25) is 0 Å². The molecule has 242 valence electrons. The molecular weight excluding hydrogens is 588 g/mol. The second kappa shape index (κ2) is 13.4. The average molecular weight is 629 g/mol. The van der Waals surface area contributed by atoms with Gasteiger partial charge < -0.3 is 34.1 Å². The third kappa shape index (κ3) is 7.24. The molecule has 13 nitrogen and oxygen atoms in total. The number of ether oxygens (including phenoxy) is 4. The molecule has 0 saturated carbocycles. The summed E-state index contributed by atoms with van der Waals surface area (Å²) >= 11 is 0. The number of benzene rings is 1. The smallest absolute Gasteiger partial charge is 0.410 e. The Bertz CT molecular complexity index is 1590. The molecule has 0 unspecified atom stereocenters. The second-order valence-electron chi connectivity index (χ2n) is 12.7. The van der Waals surface area contributed by atoms with Crippen LogP contribution < -0.4 is 19.7 Å². The van der Waals surface area contributed by atoms with E-state index in [4.69, 9.17) is 18.9 Å². The number of nitrogens with one attached hydrogen (secondary N) is 1. The summed E-state index contributed by atoms with van der Waals surface area (Å²) in [5, 5.41) is 13.0. The first-order valence-corrected chi connectivity index (χ1v) is 15.6. The van der Waals surface area contributed by atoms with Crippen LogP contribution in [0.1, 0.15) is 26.3 Å². The highest BCUT2D eigenvalue weighted by atomic mass is 16.6. The van der Waals surface area contributed by atoms with Crippen molar-refractivity contribution in [1.82, 2.24) is 24.8 Å². The topological polar surface area (TPSA) is 138 Å². The number of hydrogen-bond donors (Lipinski definition) is 1. The van der Waals surface area contributed by atoms with Crippen molar-refractivity contribution in [3.05, 3.63) is 48.2 Å². The number of aromatic nitrogens is 3. The predicted octanol–water partition coefficient (Wildman–Crippen LogP) is 3.93. The van der Waals surface area contributed by atoms with Crippen molar-refractivity contribution in [3.63, 3.8) is 0 Å². The first-order valence-electron chi connectivity index (χ1n) is 15.6. The van der Waals surface area contributed by atoms with Crippen molar-refractivity contribution in [1.29, 1.82) is 5.26 Å². The van der Waals surface area contributed by atoms with Gasteiger partial charge in [-0.3, -0.25) is 4.90 Å². The van der Waals surface area contributed by atoms with Gasteiger partial charge >= 0.3 is 6.09 Å². The van der Waals surface area contributed by atoms with Gasteiger partial charge in [0.1, 0.15) is 28.9 Å². The molecule has 1 aromatic carbocycles. The molecule has 5 heterocycles. The molecule has 0 aliphatic carbocycles. The molecule has 0 atom stereocenters. The zero-order chi connectivity index (χ0) is 32.3. The van der Waals surface area contributed by atoms with Crippen LogP contribution in [0, 0.1) is 17.2 Å². The number of likely N-dealkylation sites (tertiary alicyclic amines) is 1. The molecule has 6 rings (SSSR count). The highest BCUT2D eigenvalue weighted by molar-refractivity contribution is 5.69. The van der Waals surface area contributed by atoms with Crippen molar-refractivity contribution in [2.24, 2.45) is 5.92 Å². The highest BCUT2D eigenvalue weighted by Crippen LogP contribution is 2.31. The molecule has 3 aromatic rings. The largest absolute Gasteiger partial charge is 0.492 e. The molecule has 46 heavy (non-hydrogen) atoms. The summed E-state index contributed by atoms with van der Waals surface area (Å²) in [5.41, 5.74) is 2.22. The number of nitrogens with zero attached hydrogens (tertiary/aromatic N) is 7. The van der Waals surface area contributed by atoms with Crippen LogP contribution in [-0.4, -0.2) is 109 Å². The van der Waals surface area contributed by atoms with Crippen LogP contribution in [0.5, 0.6) is 11.6 Å². The fraction of sp³-hybridized carbons (Fsp3) is 0.485. The van der Waals surface area contributed by atoms with Gasteiger partial charge in [0.25, 0.3) is 0 Å². The van der Waals surface area contributed by atoms with Crippen LogP contribution in [0.25, 0.3) is 11.3 Å². The summed E-state index contributed by atoms with van der Waals surface area (Å²) in [5.74, 6) is 2.13. The van der Waals surface area contributed by atoms with Crippen LogP contribution in [0.15, 0.2) is 42.6 Å². The lowest BCUT2D eigenvalue weighted by molar-refractivity contribution is -0.0660. The minimum absolute atomic E-state index is 0.174. The lowest BCUT2D eigenvalue weighted by atomic mass is 10.0. The van der Waals surface area contributed by atoms with Gasteiger partial charge in [-0.15, -0.1) is 0 Å². The minimum atomic E-state index is -0.527. The fourth-order valence-electron chi connectivity index (χ4n) is 5.61. The number of hydrogen-bond acceptors (Lipinski definition) is 12. The van der Waals surface area contributed by atoms with E-state index in [2.05, 4.69) is 36.1 Å². The quantitative estimate of drug-likeness (QED) is 0.367. The zero-order valence-corrected chi connectivity index (χ0v) is 26.7. The molecule has 2 aromatic heterocycles. The number of nitriles is 1. The number of piperazine rings is 1. The summed E-state index contributed by atoms with van der Waals surface area (Å²) < 4.78 is 22.4. The fourth-order valence-corrected chi connectivity index (χ4v) is 5.61. The van der Waals surface area contributed by atoms with Crippen molar-refractivity contribution < 1.29 is 23.7 Å². The van der Waals surface area contributed by atoms with E-state index in [0.717, 1.165) is 50.6 Å². The van der Waals surface area contributed by atoms with Crippen LogP contribution in [0.4, 0.5) is 22.2 Å². The van der Waals surface area contributed by atoms with Crippen LogP contribution in [-0.2, 0) is 9.47 Å². The van der Waals surface area contributed by atoms with Crippen molar-refractivity contribution in [2.45, 2.75) is 32.4 Å². The van der Waals surface area contributed by atoms with E-state index < -0.39 is 5.60 Å². The standard InChI is InChI=1S/C33H40N8O5/c1-33(2,3)46-32(42)41-17-22(18-41)19-45-28-7-5-23(15-24(28)16-34)26-9-10-35-31(36-26)38-29-8-6-27(30(37-29)43-4)40-13-11-39(12-14-40)25-20-44-21-25/h5-10,15,22,25H,11-14,17-21H2,1-4H3,(H,35,36,37,38). The number of rotatable bonds is 9. The Hall–Kier alpha value is -4.67. The Labute approximate surface area is 269 Å². The number of carbonyl (C=O) groups is 1. The maximum absolute atomic E-state index is 12.2. The van der Waals surface area contributed by atoms with Crippen molar-refractivity contribution in [3.8, 4) is 29.0 Å². The molecule has 3 aliphatic rings. The Morgan fingerprint density at radius 2 is 1.87 bits per heavy atom. The number of carbonyl (C=O) groups excluding carboxylic acids is 1. The average Bonchev–Trinajstić information content (AvgIpc) is 2.99. The third-order valence-electron chi connectivity index (χ3n) is 8.20. The van der Waals surface area contributed by atoms with Crippen LogP contribution >= 0.6 is 0 Å². The molecule has 0 radical (unpaired) electrons. The maximum Gasteiger partial charge on any atom is 0.410 e. The van der Waals surface area contributed by atoms with E-state index in [1.807, 2.05) is 39.0 Å². The summed E-state index contributed by atoms with van der Waals surface area (Å²) in [6, 6.07) is 13.9. The first kappa shape index (κ1) is 31.3. The summed E-state index contributed by atoms with van der Waals surface area (Å²) in [6.07, 6.45) is 1.34. The van der Waals surface area contributed by atoms with Gasteiger partial charge in [-0.2, -0.15) is 10.2 Å². The van der Waals surface area contributed by atoms with E-state index in [1.165, 1.54) is 0 Å². The first-order chi connectivity index (χ1) is 22.2. The van der Waals surface area contributed by atoms with Crippen molar-refractivity contribution in [2.75, 3.05) is 76.4 Å². The predicted molar refractivity (Wildman–Crippen MR) is 171 cm³/mol. The van der Waals surface area contributed by atoms with Gasteiger partial charge in [-0.25, -0.2) is 14.8 Å². The number of amides is 1. The highest BCUT2D eigenvalue weighted by Gasteiger charge is 2.34. The monoisotopic (exact) mass is 628 g/mol. The molecule has 13 heteroatoms. The van der Waals surface area contributed by atoms with Gasteiger partial charge in [0.05, 0.1) is 44.2 Å². The Kier molecular flexibility index (Phi) is 9.10. The molecule has 0 bridgehead atoms. The van der Waals surface area contributed by atoms with E-state index >= 15 is 0 Å². The van der Waals surface area contributed by atoms with Crippen LogP contribution in [0.3, 0.4) is 0 Å². The molecule has 3 saturated heterocycles. The third-order valence-corrected chi connectivity index (χ3v) is 8.20. The molecule has 3 aliphatic heterocycles. The van der Waals surface area contributed by atoms with Gasteiger partial charge in [-0.05, 0) is 57.2 Å². The molecule has 1 N–H and O–H groups in total. The zero-order valence-electron chi connectivity index (χ0n) is 26.7. The molecule has 3 fully saturated rings. The van der Waals surface area contributed by atoms with E-state index in [-0.39, 0.29) is 12.0 Å². The normalized spacial score (nSPS) is 17.5. The summed E-state index contributed by atoms with van der Waals surface area (Å²) in [4.78, 5) is 32.4. The van der Waals surface area contributed by atoms with Gasteiger partial charge in [0.2, 0.25) is 11.8 Å². The molecular formula is C33H40N8O5. The van der Waals surface area contributed by atoms with Gasteiger partial charge in [0, 0.05) is 56.9 Å². The Morgan fingerprint density at radius 1 is 1.09 bits per heavy atom. The van der Waals surface area contributed by atoms with Gasteiger partial charge in [0.15, 0.2) is 0 Å². The maximum atomic E-state index is 12.2. The summed E-state index contributed by atoms with van der Waals surface area (Å²) in [7, 11) is 1.62. The summed E-state index contributed by atoms with van der Waals surface area (Å²) in [6.45, 7) is 12.5. The number of pyridine rings is 1. The lowest BCUT2D eigenvalue weighted by Gasteiger charge is -2.43. The van der Waals surface area contributed by atoms with Crippen molar-refractivity contribution >= 4 is 23.5 Å². The Balaban J connectivity index is 1.06. The number of anilines is 3. The van der Waals surface area contributed by atoms with Gasteiger partial charge in [-0.1, -0.05) is 0 Å². The van der Waals surface area contributed by atoms with E-state index in [0.29, 0.717) is 60.4 Å². The molecule has 0 spiro atoms. The van der Waals surface area contributed by atoms with E-state index in [9.17, 15) is 10.1 Å². The molecule has 1 amide bonds. The second-order valence-corrected chi connectivity index (χ2v) is 12.7. The SMILES string of the molecule is COc1nc(Nc2nccc(-c3ccc(OCC4CN(C(=O)OC(C)(C)C)C4)c(C#N)c3)n2)ccc1N1CCN(C2COC2)CC1. The number of methoxy groups -OCH3 is 1.